The van der Waals surface area contributed by atoms with Crippen LogP contribution in [0.25, 0.3) is 5.69 Å². The first-order chi connectivity index (χ1) is 15.2. The fraction of sp³-hybridized carbons (Fsp3) is 0.143. The normalized spacial score (nSPS) is 11.1. The Morgan fingerprint density at radius 2 is 1.75 bits per heavy atom. The molecule has 0 saturated carbocycles. The first kappa shape index (κ1) is 21.1. The number of carbonyl (C=O) groups is 1. The van der Waals surface area contributed by atoms with Crippen molar-refractivity contribution in [2.45, 2.75) is 20.0 Å². The number of rotatable bonds is 6. The van der Waals surface area contributed by atoms with E-state index in [4.69, 9.17) is 5.11 Å². The van der Waals surface area contributed by atoms with Crippen molar-refractivity contribution < 1.29 is 23.1 Å². The zero-order valence-corrected chi connectivity index (χ0v) is 16.7. The van der Waals surface area contributed by atoms with Crippen LogP contribution in [0.3, 0.4) is 0 Å². The molecule has 2 heterocycles. The van der Waals surface area contributed by atoms with Crippen molar-refractivity contribution in [2.24, 2.45) is 0 Å². The molecule has 11 heteroatoms. The lowest BCUT2D eigenvalue weighted by Crippen LogP contribution is -2.25. The van der Waals surface area contributed by atoms with Crippen molar-refractivity contribution in [3.63, 3.8) is 0 Å². The van der Waals surface area contributed by atoms with Gasteiger partial charge in [0.1, 0.15) is 23.8 Å². The predicted molar refractivity (Wildman–Crippen MR) is 106 cm³/mol. The third kappa shape index (κ3) is 3.92. The molecule has 2 aromatic carbocycles. The van der Waals surface area contributed by atoms with Crippen molar-refractivity contribution in [1.29, 1.82) is 0 Å². The smallest absolute Gasteiger partial charge is 0.356 e. The number of carboxylic acids is 1. The van der Waals surface area contributed by atoms with Gasteiger partial charge in [-0.1, -0.05) is 12.1 Å². The summed E-state index contributed by atoms with van der Waals surface area (Å²) < 4.78 is 45.7. The summed E-state index contributed by atoms with van der Waals surface area (Å²) >= 11 is 0. The lowest BCUT2D eigenvalue weighted by molar-refractivity contribution is 0.0689. The molecular formula is C21H16F3N5O3. The highest BCUT2D eigenvalue weighted by atomic mass is 19.1. The van der Waals surface area contributed by atoms with Crippen LogP contribution in [-0.2, 0) is 13.1 Å². The summed E-state index contributed by atoms with van der Waals surface area (Å²) in [6, 6.07) is 8.74. The molecule has 1 N–H and O–H groups in total. The summed E-state index contributed by atoms with van der Waals surface area (Å²) in [7, 11) is 0. The summed E-state index contributed by atoms with van der Waals surface area (Å²) in [5.41, 5.74) is -0.255. The monoisotopic (exact) mass is 443 g/mol. The first-order valence-corrected chi connectivity index (χ1v) is 9.38. The number of aromatic nitrogens is 5. The highest BCUT2D eigenvalue weighted by molar-refractivity contribution is 5.85. The van der Waals surface area contributed by atoms with Gasteiger partial charge in [0.25, 0.3) is 0 Å². The Hall–Kier alpha value is -4.15. The largest absolute Gasteiger partial charge is 0.476 e. The van der Waals surface area contributed by atoms with E-state index < -0.39 is 29.1 Å². The molecule has 2 aromatic heterocycles. The molecule has 164 valence electrons. The van der Waals surface area contributed by atoms with Crippen LogP contribution in [0.4, 0.5) is 13.2 Å². The number of halogens is 3. The molecule has 4 rings (SSSR count). The maximum atomic E-state index is 14.7. The van der Waals surface area contributed by atoms with Crippen molar-refractivity contribution in [1.82, 2.24) is 24.1 Å². The molecule has 8 nitrogen and oxygen atoms in total. The Bertz CT molecular complexity index is 1370. The number of nitrogens with zero attached hydrogens (tertiary/aromatic N) is 5. The molecule has 4 aromatic rings. The van der Waals surface area contributed by atoms with Crippen LogP contribution in [0.15, 0.2) is 53.6 Å². The predicted octanol–water partition coefficient (Wildman–Crippen LogP) is 2.75. The zero-order chi connectivity index (χ0) is 23.0. The van der Waals surface area contributed by atoms with Gasteiger partial charge in [0.2, 0.25) is 0 Å². The minimum atomic E-state index is -1.19. The summed E-state index contributed by atoms with van der Waals surface area (Å²) in [6.07, 6.45) is 1.11. The average Bonchev–Trinajstić information content (AvgIpc) is 3.29. The Balaban J connectivity index is 1.60. The number of hydrogen-bond donors (Lipinski definition) is 1. The molecule has 0 atom stereocenters. The molecule has 0 aliphatic carbocycles. The van der Waals surface area contributed by atoms with Gasteiger partial charge >= 0.3 is 11.7 Å². The van der Waals surface area contributed by atoms with E-state index in [2.05, 4.69) is 10.2 Å². The van der Waals surface area contributed by atoms with E-state index in [1.807, 2.05) is 0 Å². The van der Waals surface area contributed by atoms with Crippen LogP contribution in [0.5, 0.6) is 0 Å². The van der Waals surface area contributed by atoms with Crippen LogP contribution in [0.2, 0.25) is 0 Å². The molecule has 0 saturated heterocycles. The quantitative estimate of drug-likeness (QED) is 0.495. The molecule has 0 aliphatic rings. The molecule has 32 heavy (non-hydrogen) atoms. The summed E-state index contributed by atoms with van der Waals surface area (Å²) in [6.45, 7) is 1.26. The number of aromatic carboxylic acids is 1. The van der Waals surface area contributed by atoms with Gasteiger partial charge in [-0.3, -0.25) is 9.25 Å². The number of benzene rings is 2. The average molecular weight is 443 g/mol. The van der Waals surface area contributed by atoms with Gasteiger partial charge in [-0.2, -0.15) is 14.9 Å². The van der Waals surface area contributed by atoms with Gasteiger partial charge < -0.3 is 5.11 Å². The van der Waals surface area contributed by atoms with E-state index in [0.29, 0.717) is 5.69 Å². The second kappa shape index (κ2) is 8.17. The van der Waals surface area contributed by atoms with Crippen LogP contribution < -0.4 is 5.69 Å². The standard InChI is InChI=1S/C21H16F3N5O3/c1-12-7-19(20(30)31)26-28(12)9-13-5-6-14(8-18(13)24)29-21(32)27(11-25-29)10-15-16(22)3-2-4-17(15)23/h2-8,11H,9-10H2,1H3,(H,30,31). The second-order valence-electron chi connectivity index (χ2n) is 7.06. The fourth-order valence-electron chi connectivity index (χ4n) is 3.21. The third-order valence-electron chi connectivity index (χ3n) is 4.93. The molecule has 0 spiro atoms. The fourth-order valence-corrected chi connectivity index (χ4v) is 3.21. The highest BCUT2D eigenvalue weighted by Gasteiger charge is 2.16. The van der Waals surface area contributed by atoms with Gasteiger partial charge in [0, 0.05) is 22.9 Å². The molecular weight excluding hydrogens is 427 g/mol. The van der Waals surface area contributed by atoms with Crippen LogP contribution >= 0.6 is 0 Å². The van der Waals surface area contributed by atoms with Crippen LogP contribution in [-0.4, -0.2) is 35.2 Å². The molecule has 0 radical (unpaired) electrons. The van der Waals surface area contributed by atoms with Crippen molar-refractivity contribution in [3.8, 4) is 5.69 Å². The lowest BCUT2D eigenvalue weighted by Gasteiger charge is -2.08. The lowest BCUT2D eigenvalue weighted by atomic mass is 10.2. The number of carboxylic acid groups (broad SMARTS) is 1. The van der Waals surface area contributed by atoms with E-state index in [-0.39, 0.29) is 35.6 Å². The minimum Gasteiger partial charge on any atom is -0.476 e. The molecule has 0 aliphatic heterocycles. The van der Waals surface area contributed by atoms with Gasteiger partial charge in [-0.15, -0.1) is 0 Å². The first-order valence-electron chi connectivity index (χ1n) is 9.38. The molecule has 0 fully saturated rings. The van der Waals surface area contributed by atoms with Gasteiger partial charge in [-0.25, -0.2) is 22.8 Å². The molecule has 0 bridgehead atoms. The summed E-state index contributed by atoms with van der Waals surface area (Å²) in [4.78, 5) is 23.7. The Morgan fingerprint density at radius 1 is 1.03 bits per heavy atom. The van der Waals surface area contributed by atoms with Crippen molar-refractivity contribution in [2.75, 3.05) is 0 Å². The van der Waals surface area contributed by atoms with E-state index in [1.165, 1.54) is 28.9 Å². The maximum absolute atomic E-state index is 14.7. The van der Waals surface area contributed by atoms with Gasteiger partial charge in [-0.05, 0) is 31.2 Å². The maximum Gasteiger partial charge on any atom is 0.356 e. The summed E-state index contributed by atoms with van der Waals surface area (Å²) in [5.74, 6) is -3.43. The van der Waals surface area contributed by atoms with Crippen molar-refractivity contribution in [3.05, 3.63) is 99.2 Å². The van der Waals surface area contributed by atoms with E-state index >= 15 is 0 Å². The topological polar surface area (TPSA) is 94.9 Å². The highest BCUT2D eigenvalue weighted by Crippen LogP contribution is 2.16. The van der Waals surface area contributed by atoms with Crippen LogP contribution in [0, 0.1) is 24.4 Å². The van der Waals surface area contributed by atoms with E-state index in [0.717, 1.165) is 33.8 Å². The van der Waals surface area contributed by atoms with Crippen LogP contribution in [0.1, 0.15) is 27.3 Å². The second-order valence-corrected chi connectivity index (χ2v) is 7.06. The molecule has 0 unspecified atom stereocenters. The number of aryl methyl sites for hydroxylation is 1. The number of hydrogen-bond acceptors (Lipinski definition) is 4. The van der Waals surface area contributed by atoms with E-state index in [1.54, 1.807) is 6.92 Å². The Morgan fingerprint density at radius 3 is 2.38 bits per heavy atom. The van der Waals surface area contributed by atoms with Gasteiger partial charge in [0.15, 0.2) is 5.69 Å². The Kier molecular flexibility index (Phi) is 5.39. The zero-order valence-electron chi connectivity index (χ0n) is 16.7. The Labute approximate surface area is 178 Å². The van der Waals surface area contributed by atoms with Crippen molar-refractivity contribution >= 4 is 5.97 Å². The van der Waals surface area contributed by atoms with E-state index in [9.17, 15) is 22.8 Å². The van der Waals surface area contributed by atoms with Gasteiger partial charge in [0.05, 0.1) is 18.8 Å². The SMILES string of the molecule is Cc1cc(C(=O)O)nn1Cc1ccc(-n2ncn(Cc3c(F)cccc3F)c2=O)cc1F. The summed E-state index contributed by atoms with van der Waals surface area (Å²) in [5, 5.41) is 16.8. The molecule has 0 amide bonds. The third-order valence-corrected chi connectivity index (χ3v) is 4.93. The minimum absolute atomic E-state index is 0.0128.